The van der Waals surface area contributed by atoms with E-state index in [2.05, 4.69) is 17.4 Å². The molecule has 0 aliphatic heterocycles. The highest BCUT2D eigenvalue weighted by molar-refractivity contribution is 7.20. The summed E-state index contributed by atoms with van der Waals surface area (Å²) in [5, 5.41) is 3.34. The molecular formula is C16H15NO3S. The number of methoxy groups -OCH3 is 1. The van der Waals surface area contributed by atoms with Crippen LogP contribution in [0.4, 0.5) is 5.00 Å². The fraction of sp³-hybridized carbons (Fsp3) is 0.250. The van der Waals surface area contributed by atoms with E-state index in [1.807, 2.05) is 12.1 Å². The van der Waals surface area contributed by atoms with Gasteiger partial charge in [-0.3, -0.25) is 4.79 Å². The first kappa shape index (κ1) is 13.8. The Kier molecular flexibility index (Phi) is 3.51. The van der Waals surface area contributed by atoms with Gasteiger partial charge in [-0.05, 0) is 29.5 Å². The number of hydrogen-bond donors (Lipinski definition) is 1. The Morgan fingerprint density at radius 3 is 2.71 bits per heavy atom. The van der Waals surface area contributed by atoms with Gasteiger partial charge < -0.3 is 10.1 Å². The zero-order chi connectivity index (χ0) is 15.0. The van der Waals surface area contributed by atoms with E-state index >= 15 is 0 Å². The third kappa shape index (κ3) is 2.34. The molecule has 1 N–H and O–H groups in total. The van der Waals surface area contributed by atoms with Gasteiger partial charge >= 0.3 is 5.97 Å². The lowest BCUT2D eigenvalue weighted by atomic mass is 9.89. The maximum Gasteiger partial charge on any atom is 0.341 e. The summed E-state index contributed by atoms with van der Waals surface area (Å²) in [4.78, 5) is 24.5. The molecule has 108 valence electrons. The fourth-order valence-electron chi connectivity index (χ4n) is 2.71. The van der Waals surface area contributed by atoms with Gasteiger partial charge in [0.05, 0.1) is 12.7 Å². The van der Waals surface area contributed by atoms with Crippen LogP contribution < -0.4 is 5.32 Å². The Hall–Kier alpha value is -2.14. The van der Waals surface area contributed by atoms with Crippen molar-refractivity contribution in [2.45, 2.75) is 19.8 Å². The molecule has 0 bridgehead atoms. The van der Waals surface area contributed by atoms with Crippen molar-refractivity contribution in [2.75, 3.05) is 12.4 Å². The second-order valence-corrected chi connectivity index (χ2v) is 5.96. The quantitative estimate of drug-likeness (QED) is 0.866. The molecular weight excluding hydrogens is 286 g/mol. The van der Waals surface area contributed by atoms with Crippen LogP contribution in [0.2, 0.25) is 0 Å². The SMILES string of the molecule is COC(=O)c1c(NC(C)=O)sc2c1CCc1ccccc1-2. The molecule has 3 rings (SSSR count). The van der Waals surface area contributed by atoms with Gasteiger partial charge in [0.15, 0.2) is 0 Å². The summed E-state index contributed by atoms with van der Waals surface area (Å²) < 4.78 is 4.89. The van der Waals surface area contributed by atoms with Gasteiger partial charge in [-0.15, -0.1) is 11.3 Å². The summed E-state index contributed by atoms with van der Waals surface area (Å²) in [5.41, 5.74) is 3.90. The monoisotopic (exact) mass is 301 g/mol. The molecule has 1 amide bonds. The van der Waals surface area contributed by atoms with Gasteiger partial charge in [-0.25, -0.2) is 4.79 Å². The maximum absolute atomic E-state index is 12.1. The maximum atomic E-state index is 12.1. The van der Waals surface area contributed by atoms with E-state index in [1.165, 1.54) is 30.9 Å². The highest BCUT2D eigenvalue weighted by Crippen LogP contribution is 2.45. The highest BCUT2D eigenvalue weighted by atomic mass is 32.1. The first-order valence-electron chi connectivity index (χ1n) is 6.71. The van der Waals surface area contributed by atoms with Crippen LogP contribution >= 0.6 is 11.3 Å². The minimum Gasteiger partial charge on any atom is -0.465 e. The van der Waals surface area contributed by atoms with Crippen molar-refractivity contribution in [3.63, 3.8) is 0 Å². The molecule has 1 heterocycles. The minimum absolute atomic E-state index is 0.188. The lowest BCUT2D eigenvalue weighted by Crippen LogP contribution is -2.12. The van der Waals surface area contributed by atoms with Crippen molar-refractivity contribution in [3.8, 4) is 10.4 Å². The van der Waals surface area contributed by atoms with Crippen LogP contribution in [0.1, 0.15) is 28.4 Å². The number of rotatable bonds is 2. The van der Waals surface area contributed by atoms with Crippen LogP contribution in [0.25, 0.3) is 10.4 Å². The van der Waals surface area contributed by atoms with Gasteiger partial charge in [0.25, 0.3) is 0 Å². The van der Waals surface area contributed by atoms with Crippen molar-refractivity contribution in [2.24, 2.45) is 0 Å². The standard InChI is InChI=1S/C16H15NO3S/c1-9(18)17-15-13(16(19)20-2)12-8-7-10-5-3-4-6-11(10)14(12)21-15/h3-6H,7-8H2,1-2H3,(H,17,18). The number of aryl methyl sites for hydroxylation is 1. The molecule has 0 fully saturated rings. The number of benzene rings is 1. The molecule has 1 aliphatic carbocycles. The normalized spacial score (nSPS) is 12.3. The average Bonchev–Trinajstić information content (AvgIpc) is 2.84. The number of fused-ring (bicyclic) bond motifs is 3. The van der Waals surface area contributed by atoms with Crippen LogP contribution in [0.5, 0.6) is 0 Å². The number of esters is 1. The first-order chi connectivity index (χ1) is 10.1. The van der Waals surface area contributed by atoms with Gasteiger partial charge in [-0.1, -0.05) is 24.3 Å². The van der Waals surface area contributed by atoms with Crippen molar-refractivity contribution in [1.29, 1.82) is 0 Å². The molecule has 0 spiro atoms. The number of amides is 1. The molecule has 0 saturated heterocycles. The van der Waals surface area contributed by atoms with Gasteiger partial charge in [0.1, 0.15) is 5.00 Å². The highest BCUT2D eigenvalue weighted by Gasteiger charge is 2.28. The van der Waals surface area contributed by atoms with Crippen molar-refractivity contribution in [1.82, 2.24) is 0 Å². The molecule has 21 heavy (non-hydrogen) atoms. The second-order valence-electron chi connectivity index (χ2n) is 4.94. The Morgan fingerprint density at radius 2 is 2.00 bits per heavy atom. The van der Waals surface area contributed by atoms with Crippen molar-refractivity contribution in [3.05, 3.63) is 41.0 Å². The van der Waals surface area contributed by atoms with Crippen LogP contribution in [0, 0.1) is 0 Å². The number of carbonyl (C=O) groups is 2. The van der Waals surface area contributed by atoms with Gasteiger partial charge in [-0.2, -0.15) is 0 Å². The van der Waals surface area contributed by atoms with E-state index in [0.29, 0.717) is 10.6 Å². The topological polar surface area (TPSA) is 55.4 Å². The van der Waals surface area contributed by atoms with E-state index in [1.54, 1.807) is 0 Å². The summed E-state index contributed by atoms with van der Waals surface area (Å²) in [6, 6.07) is 8.17. The zero-order valence-electron chi connectivity index (χ0n) is 11.9. The number of thiophene rings is 1. The first-order valence-corrected chi connectivity index (χ1v) is 7.53. The summed E-state index contributed by atoms with van der Waals surface area (Å²) >= 11 is 1.44. The molecule has 0 atom stereocenters. The third-order valence-corrected chi connectivity index (χ3v) is 4.77. The minimum atomic E-state index is -0.393. The van der Waals surface area contributed by atoms with Crippen LogP contribution in [0.3, 0.4) is 0 Å². The molecule has 0 unspecified atom stereocenters. The smallest absolute Gasteiger partial charge is 0.341 e. The number of carbonyl (C=O) groups excluding carboxylic acids is 2. The molecule has 1 aromatic carbocycles. The Morgan fingerprint density at radius 1 is 1.24 bits per heavy atom. The van der Waals surface area contributed by atoms with Crippen molar-refractivity contribution >= 4 is 28.2 Å². The van der Waals surface area contributed by atoms with E-state index in [9.17, 15) is 9.59 Å². The molecule has 1 aliphatic rings. The molecule has 0 radical (unpaired) electrons. The predicted octanol–water partition coefficient (Wildman–Crippen LogP) is 3.26. The Balaban J connectivity index is 2.20. The molecule has 4 nitrogen and oxygen atoms in total. The van der Waals surface area contributed by atoms with Crippen LogP contribution in [-0.2, 0) is 22.4 Å². The van der Waals surface area contributed by atoms with E-state index in [4.69, 9.17) is 4.74 Å². The summed E-state index contributed by atoms with van der Waals surface area (Å²) in [7, 11) is 1.36. The summed E-state index contributed by atoms with van der Waals surface area (Å²) in [5.74, 6) is -0.581. The van der Waals surface area contributed by atoms with E-state index in [0.717, 1.165) is 28.8 Å². The second kappa shape index (κ2) is 5.33. The third-order valence-electron chi connectivity index (χ3n) is 3.59. The number of ether oxygens (including phenoxy) is 1. The van der Waals surface area contributed by atoms with Crippen molar-refractivity contribution < 1.29 is 14.3 Å². The van der Waals surface area contributed by atoms with E-state index < -0.39 is 5.97 Å². The Labute approximate surface area is 126 Å². The lowest BCUT2D eigenvalue weighted by molar-refractivity contribution is -0.114. The number of nitrogens with one attached hydrogen (secondary N) is 1. The van der Waals surface area contributed by atoms with Crippen LogP contribution in [0.15, 0.2) is 24.3 Å². The molecule has 1 aromatic heterocycles. The largest absolute Gasteiger partial charge is 0.465 e. The van der Waals surface area contributed by atoms with E-state index in [-0.39, 0.29) is 5.91 Å². The fourth-order valence-corrected chi connectivity index (χ4v) is 4.05. The Bertz CT molecular complexity index is 733. The number of anilines is 1. The molecule has 2 aromatic rings. The predicted molar refractivity (Wildman–Crippen MR) is 82.8 cm³/mol. The molecule has 5 heteroatoms. The van der Waals surface area contributed by atoms with Crippen LogP contribution in [-0.4, -0.2) is 19.0 Å². The zero-order valence-corrected chi connectivity index (χ0v) is 12.7. The number of hydrogen-bond acceptors (Lipinski definition) is 4. The van der Waals surface area contributed by atoms with Gasteiger partial charge in [0.2, 0.25) is 5.91 Å². The summed E-state index contributed by atoms with van der Waals surface area (Å²) in [6.07, 6.45) is 1.68. The summed E-state index contributed by atoms with van der Waals surface area (Å²) in [6.45, 7) is 1.44. The lowest BCUT2D eigenvalue weighted by Gasteiger charge is -2.16. The average molecular weight is 301 g/mol. The molecule has 0 saturated carbocycles. The van der Waals surface area contributed by atoms with Gasteiger partial charge in [0, 0.05) is 11.8 Å².